The van der Waals surface area contributed by atoms with Crippen LogP contribution >= 0.6 is 0 Å². The molecule has 2 aromatic heterocycles. The van der Waals surface area contributed by atoms with Gasteiger partial charge in [0.1, 0.15) is 11.5 Å². The molecule has 4 nitrogen and oxygen atoms in total. The van der Waals surface area contributed by atoms with Crippen LogP contribution in [-0.2, 0) is 6.61 Å². The first kappa shape index (κ1) is 10.6. The molecule has 0 aliphatic heterocycles. The van der Waals surface area contributed by atoms with Crippen molar-refractivity contribution in [3.05, 3.63) is 48.0 Å². The highest BCUT2D eigenvalue weighted by Crippen LogP contribution is 2.25. The van der Waals surface area contributed by atoms with Crippen LogP contribution in [0.4, 0.5) is 0 Å². The molecule has 0 atom stereocenters. The van der Waals surface area contributed by atoms with Crippen LogP contribution in [-0.4, -0.2) is 15.1 Å². The summed E-state index contributed by atoms with van der Waals surface area (Å²) in [7, 11) is 0. The Morgan fingerprint density at radius 3 is 2.88 bits per heavy atom. The molecule has 82 valence electrons. The van der Waals surface area contributed by atoms with Crippen LogP contribution < -0.4 is 4.74 Å². The first-order valence-corrected chi connectivity index (χ1v) is 4.94. The lowest BCUT2D eigenvalue weighted by Gasteiger charge is -2.10. The predicted molar refractivity (Wildman–Crippen MR) is 59.2 cm³/mol. The molecule has 0 unspecified atom stereocenters. The highest BCUT2D eigenvalue weighted by Gasteiger charge is 2.05. The molecule has 1 N–H and O–H groups in total. The van der Waals surface area contributed by atoms with E-state index >= 15 is 0 Å². The number of rotatable bonds is 3. The third kappa shape index (κ3) is 2.17. The molecule has 0 radical (unpaired) electrons. The molecule has 0 aliphatic rings. The molecule has 4 heteroatoms. The summed E-state index contributed by atoms with van der Waals surface area (Å²) in [5.41, 5.74) is 1.47. The molecule has 0 bridgehead atoms. The van der Waals surface area contributed by atoms with E-state index in [-0.39, 0.29) is 6.61 Å². The SMILES string of the molecule is Cc1ncccc1Oc1ccncc1CO. The number of aromatic nitrogens is 2. The van der Waals surface area contributed by atoms with Crippen LogP contribution in [0.1, 0.15) is 11.3 Å². The Labute approximate surface area is 93.6 Å². The van der Waals surface area contributed by atoms with Crippen molar-refractivity contribution >= 4 is 0 Å². The minimum absolute atomic E-state index is 0.0948. The maximum Gasteiger partial charge on any atom is 0.148 e. The van der Waals surface area contributed by atoms with Gasteiger partial charge in [-0.3, -0.25) is 9.97 Å². The summed E-state index contributed by atoms with van der Waals surface area (Å²) in [5.74, 6) is 1.29. The van der Waals surface area contributed by atoms with Crippen LogP contribution in [0.3, 0.4) is 0 Å². The van der Waals surface area contributed by atoms with Crippen molar-refractivity contribution in [1.29, 1.82) is 0 Å². The minimum atomic E-state index is -0.0948. The van der Waals surface area contributed by atoms with Gasteiger partial charge < -0.3 is 9.84 Å². The van der Waals surface area contributed by atoms with Gasteiger partial charge in [-0.15, -0.1) is 0 Å². The normalized spacial score (nSPS) is 10.1. The highest BCUT2D eigenvalue weighted by atomic mass is 16.5. The lowest BCUT2D eigenvalue weighted by Crippen LogP contribution is -1.94. The summed E-state index contributed by atoms with van der Waals surface area (Å²) in [5, 5.41) is 9.13. The second-order valence-electron chi connectivity index (χ2n) is 3.33. The fraction of sp³-hybridized carbons (Fsp3) is 0.167. The molecular weight excluding hydrogens is 204 g/mol. The van der Waals surface area contributed by atoms with E-state index < -0.39 is 0 Å². The van der Waals surface area contributed by atoms with Gasteiger partial charge in [0.25, 0.3) is 0 Å². The predicted octanol–water partition coefficient (Wildman–Crippen LogP) is 2.07. The number of aliphatic hydroxyl groups excluding tert-OH is 1. The van der Waals surface area contributed by atoms with Crippen molar-refractivity contribution in [3.8, 4) is 11.5 Å². The Balaban J connectivity index is 2.30. The Morgan fingerprint density at radius 2 is 2.12 bits per heavy atom. The van der Waals surface area contributed by atoms with Crippen LogP contribution in [0.2, 0.25) is 0 Å². The second-order valence-corrected chi connectivity index (χ2v) is 3.33. The van der Waals surface area contributed by atoms with Crippen molar-refractivity contribution in [2.24, 2.45) is 0 Å². The summed E-state index contributed by atoms with van der Waals surface area (Å²) >= 11 is 0. The topological polar surface area (TPSA) is 55.2 Å². The van der Waals surface area contributed by atoms with E-state index in [0.29, 0.717) is 17.1 Å². The van der Waals surface area contributed by atoms with Crippen molar-refractivity contribution in [2.45, 2.75) is 13.5 Å². The Hall–Kier alpha value is -1.94. The summed E-state index contributed by atoms with van der Waals surface area (Å²) in [6.45, 7) is 1.78. The van der Waals surface area contributed by atoms with Crippen molar-refractivity contribution in [2.75, 3.05) is 0 Å². The molecule has 2 aromatic rings. The van der Waals surface area contributed by atoms with Crippen LogP contribution in [0.25, 0.3) is 0 Å². The number of ether oxygens (including phenoxy) is 1. The lowest BCUT2D eigenvalue weighted by atomic mass is 10.2. The first-order valence-electron chi connectivity index (χ1n) is 4.94. The maximum absolute atomic E-state index is 9.13. The molecule has 2 heterocycles. The molecule has 0 aliphatic carbocycles. The van der Waals surface area contributed by atoms with E-state index in [1.165, 1.54) is 0 Å². The van der Waals surface area contributed by atoms with Crippen LogP contribution in [0, 0.1) is 6.92 Å². The zero-order chi connectivity index (χ0) is 11.4. The zero-order valence-corrected chi connectivity index (χ0v) is 8.92. The monoisotopic (exact) mass is 216 g/mol. The average Bonchev–Trinajstić information content (AvgIpc) is 2.33. The van der Waals surface area contributed by atoms with Crippen molar-refractivity contribution in [1.82, 2.24) is 9.97 Å². The number of hydrogen-bond acceptors (Lipinski definition) is 4. The van der Waals surface area contributed by atoms with Crippen molar-refractivity contribution in [3.63, 3.8) is 0 Å². The van der Waals surface area contributed by atoms with E-state index in [0.717, 1.165) is 5.69 Å². The number of pyridine rings is 2. The second kappa shape index (κ2) is 4.72. The fourth-order valence-electron chi connectivity index (χ4n) is 1.33. The lowest BCUT2D eigenvalue weighted by molar-refractivity contribution is 0.276. The van der Waals surface area contributed by atoms with Gasteiger partial charge in [-0.05, 0) is 25.1 Å². The molecule has 2 rings (SSSR count). The quantitative estimate of drug-likeness (QED) is 0.853. The first-order chi connectivity index (χ1) is 7.81. The van der Waals surface area contributed by atoms with E-state index in [9.17, 15) is 0 Å². The largest absolute Gasteiger partial charge is 0.455 e. The van der Waals surface area contributed by atoms with Gasteiger partial charge in [0, 0.05) is 24.2 Å². The van der Waals surface area contributed by atoms with Gasteiger partial charge in [-0.25, -0.2) is 0 Å². The van der Waals surface area contributed by atoms with Gasteiger partial charge in [-0.2, -0.15) is 0 Å². The van der Waals surface area contributed by atoms with Gasteiger partial charge in [-0.1, -0.05) is 0 Å². The average molecular weight is 216 g/mol. The third-order valence-electron chi connectivity index (χ3n) is 2.21. The van der Waals surface area contributed by atoms with Gasteiger partial charge in [0.2, 0.25) is 0 Å². The summed E-state index contributed by atoms with van der Waals surface area (Å²) < 4.78 is 5.67. The van der Waals surface area contributed by atoms with Crippen molar-refractivity contribution < 1.29 is 9.84 Å². The van der Waals surface area contributed by atoms with Gasteiger partial charge in [0.15, 0.2) is 0 Å². The number of aliphatic hydroxyl groups is 1. The highest BCUT2D eigenvalue weighted by molar-refractivity contribution is 5.36. The molecular formula is C12H12N2O2. The van der Waals surface area contributed by atoms with E-state index in [1.54, 1.807) is 24.7 Å². The number of hydrogen-bond donors (Lipinski definition) is 1. The Kier molecular flexibility index (Phi) is 3.12. The zero-order valence-electron chi connectivity index (χ0n) is 8.92. The summed E-state index contributed by atoms with van der Waals surface area (Å²) in [6.07, 6.45) is 4.92. The molecule has 0 fully saturated rings. The Bertz CT molecular complexity index is 486. The minimum Gasteiger partial charge on any atom is -0.455 e. The number of aryl methyl sites for hydroxylation is 1. The Morgan fingerprint density at radius 1 is 1.25 bits per heavy atom. The summed E-state index contributed by atoms with van der Waals surface area (Å²) in [4.78, 5) is 8.05. The van der Waals surface area contributed by atoms with Gasteiger partial charge in [0.05, 0.1) is 12.3 Å². The maximum atomic E-state index is 9.13. The van der Waals surface area contributed by atoms with Crippen LogP contribution in [0.15, 0.2) is 36.8 Å². The van der Waals surface area contributed by atoms with E-state index in [1.807, 2.05) is 19.1 Å². The molecule has 0 aromatic carbocycles. The van der Waals surface area contributed by atoms with Gasteiger partial charge >= 0.3 is 0 Å². The molecule has 0 amide bonds. The van der Waals surface area contributed by atoms with E-state index in [4.69, 9.17) is 9.84 Å². The standard InChI is InChI=1S/C12H12N2O2/c1-9-11(3-2-5-14-9)16-12-4-6-13-7-10(12)8-15/h2-7,15H,8H2,1H3. The third-order valence-corrected chi connectivity index (χ3v) is 2.21. The summed E-state index contributed by atoms with van der Waals surface area (Å²) in [6, 6.07) is 5.37. The molecule has 0 spiro atoms. The van der Waals surface area contributed by atoms with E-state index in [2.05, 4.69) is 9.97 Å². The molecule has 0 saturated heterocycles. The molecule has 16 heavy (non-hydrogen) atoms. The van der Waals surface area contributed by atoms with Crippen LogP contribution in [0.5, 0.6) is 11.5 Å². The molecule has 0 saturated carbocycles. The smallest absolute Gasteiger partial charge is 0.148 e. The fourth-order valence-corrected chi connectivity index (χ4v) is 1.33. The number of nitrogens with zero attached hydrogens (tertiary/aromatic N) is 2.